The Morgan fingerprint density at radius 3 is 2.88 bits per heavy atom. The molecule has 1 aromatic carbocycles. The number of carbonyl (C=O) groups is 1. The van der Waals surface area contributed by atoms with Crippen LogP contribution in [0.3, 0.4) is 0 Å². The molecule has 0 amide bonds. The Morgan fingerprint density at radius 1 is 1.27 bits per heavy atom. The Balaban J connectivity index is 1.44. The number of benzene rings is 1. The number of carbonyl (C=O) groups excluding carboxylic acids is 1. The van der Waals surface area contributed by atoms with Gasteiger partial charge in [0.05, 0.1) is 5.69 Å². The van der Waals surface area contributed by atoms with Crippen molar-refractivity contribution in [1.82, 2.24) is 10.3 Å². The molecule has 2 aromatic rings. The highest BCUT2D eigenvalue weighted by molar-refractivity contribution is 5.99. The lowest BCUT2D eigenvalue weighted by molar-refractivity contribution is 0.0967. The summed E-state index contributed by atoms with van der Waals surface area (Å²) in [6.07, 6.45) is 4.89. The van der Waals surface area contributed by atoms with Crippen molar-refractivity contribution in [2.45, 2.75) is 25.9 Å². The maximum absolute atomic E-state index is 14.3. The standard InChI is InChI=1S/C21H21FN2O2/c22-18-12-16(21(25)15-4-5-15)6-7-17(18)13-26-20-3-1-2-19(24-20)14-8-10-23-11-9-14/h1-3,6-8,12,15,23H,4-5,9-11,13H2. The van der Waals surface area contributed by atoms with E-state index in [1.54, 1.807) is 18.2 Å². The first-order chi connectivity index (χ1) is 12.7. The van der Waals surface area contributed by atoms with Gasteiger partial charge in [0.15, 0.2) is 5.78 Å². The minimum atomic E-state index is -0.409. The Kier molecular flexibility index (Phi) is 4.80. The van der Waals surface area contributed by atoms with Crippen LogP contribution in [0.1, 0.15) is 40.9 Å². The molecule has 4 rings (SSSR count). The summed E-state index contributed by atoms with van der Waals surface area (Å²) < 4.78 is 20.0. The predicted molar refractivity (Wildman–Crippen MR) is 97.5 cm³/mol. The molecule has 1 aromatic heterocycles. The molecule has 0 spiro atoms. The third-order valence-corrected chi connectivity index (χ3v) is 4.78. The number of hydrogen-bond acceptors (Lipinski definition) is 4. The average molecular weight is 352 g/mol. The quantitative estimate of drug-likeness (QED) is 0.804. The monoisotopic (exact) mass is 352 g/mol. The minimum absolute atomic E-state index is 0.0426. The summed E-state index contributed by atoms with van der Waals surface area (Å²) in [5.41, 5.74) is 2.97. The Morgan fingerprint density at radius 2 is 2.15 bits per heavy atom. The van der Waals surface area contributed by atoms with Crippen molar-refractivity contribution >= 4 is 11.4 Å². The molecule has 1 fully saturated rings. The van der Waals surface area contributed by atoms with Gasteiger partial charge in [-0.25, -0.2) is 9.37 Å². The number of rotatable bonds is 6. The van der Waals surface area contributed by atoms with Crippen LogP contribution in [0.5, 0.6) is 5.88 Å². The van der Waals surface area contributed by atoms with Crippen LogP contribution >= 0.6 is 0 Å². The van der Waals surface area contributed by atoms with Gasteiger partial charge in [-0.15, -0.1) is 0 Å². The Hall–Kier alpha value is -2.53. The second kappa shape index (κ2) is 7.38. The van der Waals surface area contributed by atoms with Gasteiger partial charge in [0.1, 0.15) is 12.4 Å². The van der Waals surface area contributed by atoms with Gasteiger partial charge in [-0.2, -0.15) is 0 Å². The normalized spacial score (nSPS) is 16.9. The Labute approximate surface area is 152 Å². The lowest BCUT2D eigenvalue weighted by Crippen LogP contribution is -2.20. The molecule has 26 heavy (non-hydrogen) atoms. The molecule has 0 saturated heterocycles. The van der Waals surface area contributed by atoms with E-state index in [0.29, 0.717) is 17.0 Å². The van der Waals surface area contributed by atoms with Crippen LogP contribution in [0.4, 0.5) is 4.39 Å². The molecular formula is C21H21FN2O2. The summed E-state index contributed by atoms with van der Waals surface area (Å²) in [4.78, 5) is 16.5. The zero-order chi connectivity index (χ0) is 17.9. The lowest BCUT2D eigenvalue weighted by Gasteiger charge is -2.14. The van der Waals surface area contributed by atoms with Gasteiger partial charge >= 0.3 is 0 Å². The van der Waals surface area contributed by atoms with E-state index in [-0.39, 0.29) is 18.3 Å². The molecule has 0 unspecified atom stereocenters. The third-order valence-electron chi connectivity index (χ3n) is 4.78. The lowest BCUT2D eigenvalue weighted by atomic mass is 10.0. The van der Waals surface area contributed by atoms with Gasteiger partial charge in [0.25, 0.3) is 0 Å². The fraction of sp³-hybridized carbons (Fsp3) is 0.333. The fourth-order valence-corrected chi connectivity index (χ4v) is 3.08. The first-order valence-electron chi connectivity index (χ1n) is 9.03. The highest BCUT2D eigenvalue weighted by Gasteiger charge is 2.30. The van der Waals surface area contributed by atoms with Crippen molar-refractivity contribution in [1.29, 1.82) is 0 Å². The molecule has 1 saturated carbocycles. The smallest absolute Gasteiger partial charge is 0.214 e. The number of ether oxygens (including phenoxy) is 1. The summed E-state index contributed by atoms with van der Waals surface area (Å²) in [5, 5.41) is 3.27. The Bertz CT molecular complexity index is 859. The number of halogens is 1. The van der Waals surface area contributed by atoms with E-state index in [1.165, 1.54) is 11.6 Å². The molecule has 0 radical (unpaired) electrons. The highest BCUT2D eigenvalue weighted by Crippen LogP contribution is 2.33. The van der Waals surface area contributed by atoms with Gasteiger partial charge in [-0.1, -0.05) is 24.3 Å². The van der Waals surface area contributed by atoms with Crippen LogP contribution in [0.25, 0.3) is 5.57 Å². The van der Waals surface area contributed by atoms with Gasteiger partial charge in [0, 0.05) is 29.7 Å². The number of nitrogens with one attached hydrogen (secondary N) is 1. The molecule has 0 atom stereocenters. The van der Waals surface area contributed by atoms with Crippen LogP contribution < -0.4 is 10.1 Å². The van der Waals surface area contributed by atoms with Crippen molar-refractivity contribution in [3.63, 3.8) is 0 Å². The van der Waals surface area contributed by atoms with E-state index in [9.17, 15) is 9.18 Å². The number of Topliss-reactive ketones (excluding diaryl/α,β-unsaturated/α-hetero) is 1. The van der Waals surface area contributed by atoms with Crippen LogP contribution in [0.2, 0.25) is 0 Å². The first-order valence-corrected chi connectivity index (χ1v) is 9.03. The van der Waals surface area contributed by atoms with E-state index >= 15 is 0 Å². The molecule has 0 bridgehead atoms. The molecule has 2 aliphatic rings. The van der Waals surface area contributed by atoms with Crippen molar-refractivity contribution in [3.8, 4) is 5.88 Å². The molecule has 2 heterocycles. The van der Waals surface area contributed by atoms with Gasteiger partial charge in [-0.3, -0.25) is 4.79 Å². The number of pyridine rings is 1. The number of aromatic nitrogens is 1. The molecule has 1 N–H and O–H groups in total. The zero-order valence-corrected chi connectivity index (χ0v) is 14.5. The van der Waals surface area contributed by atoms with Crippen LogP contribution in [-0.2, 0) is 6.61 Å². The van der Waals surface area contributed by atoms with Gasteiger partial charge in [-0.05, 0) is 43.5 Å². The van der Waals surface area contributed by atoms with Crippen molar-refractivity contribution in [2.75, 3.05) is 13.1 Å². The van der Waals surface area contributed by atoms with E-state index < -0.39 is 5.82 Å². The zero-order valence-electron chi connectivity index (χ0n) is 14.5. The summed E-state index contributed by atoms with van der Waals surface area (Å²) in [5.74, 6) is 0.196. The maximum atomic E-state index is 14.3. The van der Waals surface area contributed by atoms with Crippen LogP contribution in [-0.4, -0.2) is 23.9 Å². The summed E-state index contributed by atoms with van der Waals surface area (Å²) in [6.45, 7) is 1.87. The van der Waals surface area contributed by atoms with Crippen LogP contribution in [0.15, 0.2) is 42.5 Å². The maximum Gasteiger partial charge on any atom is 0.214 e. The van der Waals surface area contributed by atoms with Crippen molar-refractivity contribution < 1.29 is 13.9 Å². The summed E-state index contributed by atoms with van der Waals surface area (Å²) in [7, 11) is 0. The third kappa shape index (κ3) is 3.83. The topological polar surface area (TPSA) is 51.2 Å². The van der Waals surface area contributed by atoms with Gasteiger partial charge < -0.3 is 10.1 Å². The SMILES string of the molecule is O=C(c1ccc(COc2cccc(C3=CCNCC3)n2)c(F)c1)C1CC1. The molecule has 5 heteroatoms. The van der Waals surface area contributed by atoms with Crippen molar-refractivity contribution in [3.05, 3.63) is 65.1 Å². The molecule has 4 nitrogen and oxygen atoms in total. The van der Waals surface area contributed by atoms with E-state index in [2.05, 4.69) is 16.4 Å². The highest BCUT2D eigenvalue weighted by atomic mass is 19.1. The number of ketones is 1. The predicted octanol–water partition coefficient (Wildman–Crippen LogP) is 3.77. The van der Waals surface area contributed by atoms with Crippen LogP contribution in [0, 0.1) is 11.7 Å². The second-order valence-corrected chi connectivity index (χ2v) is 6.78. The van der Waals surface area contributed by atoms with E-state index in [0.717, 1.165) is 38.0 Å². The second-order valence-electron chi connectivity index (χ2n) is 6.78. The van der Waals surface area contributed by atoms with Gasteiger partial charge in [0.2, 0.25) is 5.88 Å². The average Bonchev–Trinajstić information content (AvgIpc) is 3.53. The molecule has 1 aliphatic heterocycles. The fourth-order valence-electron chi connectivity index (χ4n) is 3.08. The number of hydrogen-bond donors (Lipinski definition) is 1. The minimum Gasteiger partial charge on any atom is -0.473 e. The number of nitrogens with zero attached hydrogens (tertiary/aromatic N) is 1. The summed E-state index contributed by atoms with van der Waals surface area (Å²) >= 11 is 0. The summed E-state index contributed by atoms with van der Waals surface area (Å²) in [6, 6.07) is 10.3. The van der Waals surface area contributed by atoms with E-state index in [4.69, 9.17) is 4.74 Å². The molecular weight excluding hydrogens is 331 g/mol. The first kappa shape index (κ1) is 16.9. The molecule has 1 aliphatic carbocycles. The van der Waals surface area contributed by atoms with E-state index in [1.807, 2.05) is 12.1 Å². The molecule has 134 valence electrons. The van der Waals surface area contributed by atoms with Crippen molar-refractivity contribution in [2.24, 2.45) is 5.92 Å². The largest absolute Gasteiger partial charge is 0.473 e.